The predicted octanol–water partition coefficient (Wildman–Crippen LogP) is 5.12. The van der Waals surface area contributed by atoms with Gasteiger partial charge in [-0.1, -0.05) is 22.0 Å². The van der Waals surface area contributed by atoms with Gasteiger partial charge in [-0.2, -0.15) is 10.5 Å². The number of halogens is 2. The van der Waals surface area contributed by atoms with Gasteiger partial charge in [0.1, 0.15) is 11.6 Å². The molecule has 5 saturated carbocycles. The van der Waals surface area contributed by atoms with E-state index in [0.717, 1.165) is 19.3 Å². The fourth-order valence-corrected chi connectivity index (χ4v) is 7.30. The molecule has 1 aromatic rings. The number of carbonyl (C=O) groups is 1. The van der Waals surface area contributed by atoms with Crippen molar-refractivity contribution in [2.45, 2.75) is 44.4 Å². The summed E-state index contributed by atoms with van der Waals surface area (Å²) in [6.45, 7) is 0. The Balaban J connectivity index is 1.53. The summed E-state index contributed by atoms with van der Waals surface area (Å²) < 4.78 is 15.2. The van der Waals surface area contributed by atoms with E-state index < -0.39 is 23.1 Å². The minimum Gasteiger partial charge on any atom is -0.299 e. The van der Waals surface area contributed by atoms with Gasteiger partial charge in [0.15, 0.2) is 5.41 Å². The molecule has 0 aromatic heterocycles. The highest BCUT2D eigenvalue weighted by atomic mass is 79.9. The number of nitriles is 2. The molecule has 0 spiro atoms. The van der Waals surface area contributed by atoms with Crippen LogP contribution in [-0.2, 0) is 4.79 Å². The lowest BCUT2D eigenvalue weighted by Gasteiger charge is -2.56. The minimum atomic E-state index is -1.42. The van der Waals surface area contributed by atoms with Crippen molar-refractivity contribution >= 4 is 21.7 Å². The highest BCUT2D eigenvalue weighted by molar-refractivity contribution is 9.10. The zero-order chi connectivity index (χ0) is 19.0. The van der Waals surface area contributed by atoms with Crippen LogP contribution >= 0.6 is 15.9 Å². The van der Waals surface area contributed by atoms with Crippen LogP contribution in [0.25, 0.3) is 0 Å². The van der Waals surface area contributed by atoms with Crippen LogP contribution in [0, 0.1) is 63.0 Å². The molecule has 0 aliphatic heterocycles. The summed E-state index contributed by atoms with van der Waals surface area (Å²) >= 11 is 3.24. The van der Waals surface area contributed by atoms with Crippen molar-refractivity contribution in [1.82, 2.24) is 0 Å². The number of carbonyl (C=O) groups excluding carboxylic acids is 1. The second kappa shape index (κ2) is 5.65. The first-order valence-electron chi connectivity index (χ1n) is 9.74. The summed E-state index contributed by atoms with van der Waals surface area (Å²) in [6.07, 6.45) is 6.38. The minimum absolute atomic E-state index is 0.0667. The Morgan fingerprint density at radius 1 is 1.07 bits per heavy atom. The molecule has 5 heteroatoms. The van der Waals surface area contributed by atoms with Crippen LogP contribution in [0.15, 0.2) is 22.7 Å². The van der Waals surface area contributed by atoms with Gasteiger partial charge in [0, 0.05) is 15.8 Å². The van der Waals surface area contributed by atoms with Crippen molar-refractivity contribution in [2.24, 2.45) is 34.5 Å². The van der Waals surface area contributed by atoms with Gasteiger partial charge in [-0.05, 0) is 74.0 Å². The third-order valence-corrected chi connectivity index (χ3v) is 8.21. The molecule has 0 heterocycles. The Bertz CT molecular complexity index is 878. The van der Waals surface area contributed by atoms with Gasteiger partial charge in [0.05, 0.1) is 18.1 Å². The lowest BCUT2D eigenvalue weighted by Crippen LogP contribution is -2.50. The quantitative estimate of drug-likeness (QED) is 0.673. The second-order valence-electron chi connectivity index (χ2n) is 9.28. The summed E-state index contributed by atoms with van der Waals surface area (Å²) in [7, 11) is 0. The third-order valence-electron chi connectivity index (χ3n) is 7.72. The van der Waals surface area contributed by atoms with E-state index in [1.54, 1.807) is 12.1 Å². The first-order valence-corrected chi connectivity index (χ1v) is 10.5. The monoisotopic (exact) mass is 426 g/mol. The SMILES string of the molecule is N#CC1(C#N)C(C(=O)C23CC4CC(CC(C4)C2)C3)C1c1ccc(Br)cc1F. The van der Waals surface area contributed by atoms with Crippen LogP contribution in [0.1, 0.15) is 50.0 Å². The van der Waals surface area contributed by atoms with Crippen LogP contribution in [0.2, 0.25) is 0 Å². The molecular formula is C22H20BrFN2O. The molecule has 0 N–H and O–H groups in total. The van der Waals surface area contributed by atoms with Crippen LogP contribution < -0.4 is 0 Å². The Morgan fingerprint density at radius 3 is 2.11 bits per heavy atom. The number of hydrogen-bond acceptors (Lipinski definition) is 3. The van der Waals surface area contributed by atoms with Gasteiger partial charge in [-0.3, -0.25) is 4.79 Å². The van der Waals surface area contributed by atoms with Gasteiger partial charge in [-0.25, -0.2) is 4.39 Å². The molecule has 5 fully saturated rings. The molecule has 6 rings (SSSR count). The fraction of sp³-hybridized carbons (Fsp3) is 0.591. The Morgan fingerprint density at radius 2 is 1.63 bits per heavy atom. The van der Waals surface area contributed by atoms with E-state index in [1.165, 1.54) is 25.3 Å². The molecule has 138 valence electrons. The Labute approximate surface area is 166 Å². The third kappa shape index (κ3) is 2.31. The van der Waals surface area contributed by atoms with E-state index in [4.69, 9.17) is 0 Å². The largest absolute Gasteiger partial charge is 0.299 e. The van der Waals surface area contributed by atoms with E-state index in [2.05, 4.69) is 28.1 Å². The molecule has 0 saturated heterocycles. The molecular weight excluding hydrogens is 407 g/mol. The molecule has 0 amide bonds. The summed E-state index contributed by atoms with van der Waals surface area (Å²) in [5.41, 5.74) is -1.47. The van der Waals surface area contributed by atoms with Crippen LogP contribution in [0.5, 0.6) is 0 Å². The predicted molar refractivity (Wildman–Crippen MR) is 99.6 cm³/mol. The molecule has 3 nitrogen and oxygen atoms in total. The number of Topliss-reactive ketones (excluding diaryl/α,β-unsaturated/α-hetero) is 1. The molecule has 0 radical (unpaired) electrons. The van der Waals surface area contributed by atoms with Gasteiger partial charge in [-0.15, -0.1) is 0 Å². The maximum atomic E-state index is 14.6. The maximum Gasteiger partial charge on any atom is 0.161 e. The van der Waals surface area contributed by atoms with Crippen molar-refractivity contribution in [3.05, 3.63) is 34.1 Å². The van der Waals surface area contributed by atoms with Crippen LogP contribution in [0.4, 0.5) is 4.39 Å². The zero-order valence-corrected chi connectivity index (χ0v) is 16.5. The van der Waals surface area contributed by atoms with Gasteiger partial charge in [0.25, 0.3) is 0 Å². The molecule has 2 atom stereocenters. The first kappa shape index (κ1) is 17.4. The number of nitrogens with zero attached hydrogens (tertiary/aromatic N) is 2. The highest BCUT2D eigenvalue weighted by Crippen LogP contribution is 2.70. The van der Waals surface area contributed by atoms with E-state index in [1.807, 2.05) is 0 Å². The van der Waals surface area contributed by atoms with E-state index in [-0.39, 0.29) is 11.2 Å². The molecule has 4 bridgehead atoms. The first-order chi connectivity index (χ1) is 12.9. The van der Waals surface area contributed by atoms with Gasteiger partial charge < -0.3 is 0 Å². The molecule has 27 heavy (non-hydrogen) atoms. The van der Waals surface area contributed by atoms with Crippen molar-refractivity contribution in [3.63, 3.8) is 0 Å². The van der Waals surface area contributed by atoms with Crippen LogP contribution in [-0.4, -0.2) is 5.78 Å². The van der Waals surface area contributed by atoms with Gasteiger partial charge in [0.2, 0.25) is 0 Å². The zero-order valence-electron chi connectivity index (χ0n) is 14.9. The summed E-state index contributed by atoms with van der Waals surface area (Å²) in [4.78, 5) is 13.7. The van der Waals surface area contributed by atoms with E-state index in [9.17, 15) is 19.7 Å². The number of hydrogen-bond donors (Lipinski definition) is 0. The van der Waals surface area contributed by atoms with Gasteiger partial charge >= 0.3 is 0 Å². The summed E-state index contributed by atoms with van der Waals surface area (Å²) in [5.74, 6) is 0.101. The molecule has 5 aliphatic rings. The molecule has 5 aliphatic carbocycles. The normalized spacial score (nSPS) is 40.2. The van der Waals surface area contributed by atoms with Crippen molar-refractivity contribution in [2.75, 3.05) is 0 Å². The average molecular weight is 427 g/mol. The molecule has 2 unspecified atom stereocenters. The molecule has 1 aromatic carbocycles. The smallest absolute Gasteiger partial charge is 0.161 e. The summed E-state index contributed by atoms with van der Waals surface area (Å²) in [5, 5.41) is 19.6. The van der Waals surface area contributed by atoms with Crippen molar-refractivity contribution in [1.29, 1.82) is 10.5 Å². The standard InChI is InChI=1S/C22H20BrFN2O/c23-15-1-2-16(17(24)6-15)18-19(22(18,10-25)11-26)20(27)21-7-12-3-13(8-21)5-14(4-12)9-21/h1-2,6,12-14,18-19H,3-5,7-9H2. The van der Waals surface area contributed by atoms with Crippen LogP contribution in [0.3, 0.4) is 0 Å². The lowest BCUT2D eigenvalue weighted by atomic mass is 9.48. The topological polar surface area (TPSA) is 64.7 Å². The van der Waals surface area contributed by atoms with E-state index >= 15 is 0 Å². The maximum absolute atomic E-state index is 14.6. The van der Waals surface area contributed by atoms with E-state index in [0.29, 0.717) is 27.8 Å². The number of benzene rings is 1. The Kier molecular flexibility index (Phi) is 3.63. The van der Waals surface area contributed by atoms with Crippen molar-refractivity contribution < 1.29 is 9.18 Å². The fourth-order valence-electron chi connectivity index (χ4n) is 6.97. The lowest BCUT2D eigenvalue weighted by molar-refractivity contribution is -0.145. The summed E-state index contributed by atoms with van der Waals surface area (Å²) in [6, 6.07) is 8.86. The second-order valence-corrected chi connectivity index (χ2v) is 10.2. The number of rotatable bonds is 3. The highest BCUT2D eigenvalue weighted by Gasteiger charge is 2.74. The van der Waals surface area contributed by atoms with Crippen molar-refractivity contribution in [3.8, 4) is 12.1 Å². The average Bonchev–Trinajstić information content (AvgIpc) is 3.28. The number of ketones is 1. The Hall–Kier alpha value is -1.72.